The summed E-state index contributed by atoms with van der Waals surface area (Å²) in [5.74, 6) is 0.200. The van der Waals surface area contributed by atoms with Crippen molar-refractivity contribution in [1.29, 1.82) is 5.26 Å². The lowest BCUT2D eigenvalue weighted by Crippen LogP contribution is -2.48. The van der Waals surface area contributed by atoms with Crippen molar-refractivity contribution >= 4 is 5.78 Å². The van der Waals surface area contributed by atoms with Gasteiger partial charge in [0.2, 0.25) is 5.56 Å². The number of pyridine rings is 1. The fourth-order valence-corrected chi connectivity index (χ4v) is 5.46. The molecular weight excluding hydrogens is 400 g/mol. The first kappa shape index (κ1) is 20.1. The van der Waals surface area contributed by atoms with Gasteiger partial charge in [-0.2, -0.15) is 5.26 Å². The number of fused-ring (bicyclic) bond motifs is 3. The van der Waals surface area contributed by atoms with E-state index in [9.17, 15) is 14.9 Å². The van der Waals surface area contributed by atoms with Gasteiger partial charge < -0.3 is 4.98 Å². The van der Waals surface area contributed by atoms with Gasteiger partial charge in [-0.1, -0.05) is 37.3 Å². The molecule has 0 spiro atoms. The summed E-state index contributed by atoms with van der Waals surface area (Å²) in [5, 5.41) is 9.79. The van der Waals surface area contributed by atoms with Crippen LogP contribution in [0, 0.1) is 30.1 Å². The highest BCUT2D eigenvalue weighted by atomic mass is 16.1. The number of hydrogen-bond donors (Lipinski definition) is 1. The van der Waals surface area contributed by atoms with Gasteiger partial charge in [0, 0.05) is 29.3 Å². The monoisotopic (exact) mass is 422 g/mol. The van der Waals surface area contributed by atoms with E-state index in [0.717, 1.165) is 40.9 Å². The number of Topliss-reactive ketones (excluding diaryl/α,β-unsaturated/α-hetero) is 1. The Labute approximate surface area is 185 Å². The van der Waals surface area contributed by atoms with Crippen molar-refractivity contribution in [2.75, 3.05) is 0 Å². The van der Waals surface area contributed by atoms with Crippen LogP contribution in [0.3, 0.4) is 0 Å². The second-order valence-electron chi connectivity index (χ2n) is 8.59. The molecule has 1 aromatic carbocycles. The minimum Gasteiger partial charge on any atom is -0.328 e. The molecule has 1 N–H and O–H groups in total. The minimum absolute atomic E-state index is 0.0141. The van der Waals surface area contributed by atoms with E-state index < -0.39 is 5.41 Å². The Morgan fingerprint density at radius 3 is 2.59 bits per heavy atom. The highest BCUT2D eigenvalue weighted by molar-refractivity contribution is 6.02. The van der Waals surface area contributed by atoms with Crippen LogP contribution in [-0.2, 0) is 16.6 Å². The van der Waals surface area contributed by atoms with Crippen LogP contribution in [0.4, 0.5) is 0 Å². The Balaban J connectivity index is 1.87. The quantitative estimate of drug-likeness (QED) is 0.679. The number of aryl methyl sites for hydroxylation is 1. The van der Waals surface area contributed by atoms with Gasteiger partial charge in [-0.15, -0.1) is 0 Å². The topological polar surface area (TPSA) is 99.5 Å². The predicted molar refractivity (Wildman–Crippen MR) is 120 cm³/mol. The zero-order valence-corrected chi connectivity index (χ0v) is 17.9. The highest BCUT2D eigenvalue weighted by Gasteiger charge is 2.53. The molecule has 0 saturated heterocycles. The van der Waals surface area contributed by atoms with E-state index in [0.29, 0.717) is 5.82 Å². The molecule has 0 saturated carbocycles. The average molecular weight is 422 g/mol. The van der Waals surface area contributed by atoms with Gasteiger partial charge in [-0.3, -0.25) is 9.59 Å². The maximum absolute atomic E-state index is 12.9. The highest BCUT2D eigenvalue weighted by Crippen LogP contribution is 2.54. The van der Waals surface area contributed by atoms with Crippen LogP contribution >= 0.6 is 0 Å². The summed E-state index contributed by atoms with van der Waals surface area (Å²) < 4.78 is 0. The number of allylic oxidation sites excluding steroid dienone is 2. The van der Waals surface area contributed by atoms with Crippen LogP contribution < -0.4 is 5.56 Å². The van der Waals surface area contributed by atoms with Crippen LogP contribution in [0.5, 0.6) is 0 Å². The maximum atomic E-state index is 12.9. The molecule has 0 fully saturated rings. The molecule has 2 aliphatic carbocycles. The Morgan fingerprint density at radius 1 is 1.12 bits per heavy atom. The number of aromatic amines is 1. The third kappa shape index (κ3) is 2.85. The van der Waals surface area contributed by atoms with Crippen LogP contribution in [0.1, 0.15) is 36.0 Å². The number of hydrogen-bond acceptors (Lipinski definition) is 5. The molecule has 158 valence electrons. The third-order valence-corrected chi connectivity index (χ3v) is 6.89. The van der Waals surface area contributed by atoms with Crippen molar-refractivity contribution < 1.29 is 4.79 Å². The Bertz CT molecular complexity index is 1350. The zero-order chi connectivity index (χ0) is 22.5. The Kier molecular flexibility index (Phi) is 4.63. The first-order chi connectivity index (χ1) is 15.5. The fourth-order valence-electron chi connectivity index (χ4n) is 5.46. The van der Waals surface area contributed by atoms with Gasteiger partial charge in [0.25, 0.3) is 0 Å². The van der Waals surface area contributed by atoms with Gasteiger partial charge in [0.1, 0.15) is 11.9 Å². The van der Waals surface area contributed by atoms with Crippen LogP contribution in [0.2, 0.25) is 0 Å². The predicted octanol–water partition coefficient (Wildman–Crippen LogP) is 3.66. The molecule has 3 atom stereocenters. The van der Waals surface area contributed by atoms with E-state index in [1.165, 1.54) is 6.07 Å². The smallest absolute Gasteiger partial charge is 0.247 e. The van der Waals surface area contributed by atoms with Crippen molar-refractivity contribution in [3.63, 3.8) is 0 Å². The number of ketones is 1. The first-order valence-electron chi connectivity index (χ1n) is 10.8. The van der Waals surface area contributed by atoms with Crippen molar-refractivity contribution in [3.8, 4) is 17.3 Å². The number of carbonyl (C=O) groups is 1. The number of carbonyl (C=O) groups excluding carboxylic acids is 1. The maximum Gasteiger partial charge on any atom is 0.247 e. The van der Waals surface area contributed by atoms with E-state index >= 15 is 0 Å². The SMILES string of the molecule is Cc1nc(-c2ccc(=O)[nH]c2)c2c(n1)[C@@]1(c3ccccc3)C=C(C#N)C(=O)[C@@H](C)[C@@H]1CC2. The van der Waals surface area contributed by atoms with Gasteiger partial charge in [-0.25, -0.2) is 9.97 Å². The molecule has 32 heavy (non-hydrogen) atoms. The van der Waals surface area contributed by atoms with Gasteiger partial charge >= 0.3 is 0 Å². The molecule has 0 aliphatic heterocycles. The number of nitrogens with zero attached hydrogens (tertiary/aromatic N) is 3. The van der Waals surface area contributed by atoms with E-state index in [-0.39, 0.29) is 28.8 Å². The van der Waals surface area contributed by atoms with Crippen molar-refractivity contribution in [3.05, 3.63) is 93.3 Å². The first-order valence-corrected chi connectivity index (χ1v) is 10.8. The molecule has 0 unspecified atom stereocenters. The molecule has 3 aromatic rings. The number of nitrogens with one attached hydrogen (secondary N) is 1. The lowest BCUT2D eigenvalue weighted by Gasteiger charge is -2.48. The minimum atomic E-state index is -0.697. The van der Waals surface area contributed by atoms with E-state index in [1.54, 1.807) is 12.3 Å². The molecule has 0 amide bonds. The molecule has 5 rings (SSSR count). The van der Waals surface area contributed by atoms with Gasteiger partial charge in [0.15, 0.2) is 5.78 Å². The van der Waals surface area contributed by atoms with E-state index in [2.05, 4.69) is 11.1 Å². The normalized spacial score (nSPS) is 24.2. The molecule has 6 heteroatoms. The third-order valence-electron chi connectivity index (χ3n) is 6.89. The summed E-state index contributed by atoms with van der Waals surface area (Å²) in [7, 11) is 0. The molecule has 6 nitrogen and oxygen atoms in total. The Hall–Kier alpha value is -3.85. The molecular formula is C26H22N4O2. The number of H-pyrrole nitrogens is 1. The zero-order valence-electron chi connectivity index (χ0n) is 17.9. The number of aromatic nitrogens is 3. The number of rotatable bonds is 2. The van der Waals surface area contributed by atoms with Crippen LogP contribution in [0.15, 0.2) is 65.1 Å². The number of nitriles is 1. The summed E-state index contributed by atoms with van der Waals surface area (Å²) >= 11 is 0. The van der Waals surface area contributed by atoms with Crippen LogP contribution in [0.25, 0.3) is 11.3 Å². The summed E-state index contributed by atoms with van der Waals surface area (Å²) in [4.78, 5) is 36.9. The molecule has 2 heterocycles. The fraction of sp³-hybridized carbons (Fsp3) is 0.269. The summed E-state index contributed by atoms with van der Waals surface area (Å²) in [5.41, 5.74) is 3.79. The standard InChI is InChI=1S/C26H22N4O2/c1-15-21-10-9-20-23(17-8-11-22(31)28-14-17)29-16(2)30-25(20)26(21,12-18(13-27)24(15)32)19-6-4-3-5-7-19/h3-8,11-12,14-15,21H,9-10H2,1-2H3,(H,28,31)/t15-,21-,26+/m0/s1. The van der Waals surface area contributed by atoms with Crippen molar-refractivity contribution in [2.45, 2.75) is 32.1 Å². The largest absolute Gasteiger partial charge is 0.328 e. The molecule has 0 bridgehead atoms. The number of benzene rings is 1. The van der Waals surface area contributed by atoms with Gasteiger partial charge in [-0.05, 0) is 43.4 Å². The van der Waals surface area contributed by atoms with E-state index in [1.807, 2.05) is 50.3 Å². The lowest BCUT2D eigenvalue weighted by molar-refractivity contribution is -0.121. The van der Waals surface area contributed by atoms with Gasteiger partial charge in [0.05, 0.1) is 22.4 Å². The summed E-state index contributed by atoms with van der Waals surface area (Å²) in [6.07, 6.45) is 5.01. The molecule has 2 aromatic heterocycles. The van der Waals surface area contributed by atoms with E-state index in [4.69, 9.17) is 9.97 Å². The summed E-state index contributed by atoms with van der Waals surface area (Å²) in [6.45, 7) is 3.78. The van der Waals surface area contributed by atoms with Crippen LogP contribution in [-0.4, -0.2) is 20.7 Å². The Morgan fingerprint density at radius 2 is 1.91 bits per heavy atom. The second-order valence-corrected chi connectivity index (χ2v) is 8.59. The molecule has 2 aliphatic rings. The average Bonchev–Trinajstić information content (AvgIpc) is 2.81. The lowest BCUT2D eigenvalue weighted by atomic mass is 9.54. The summed E-state index contributed by atoms with van der Waals surface area (Å²) in [6, 6.07) is 15.4. The molecule has 0 radical (unpaired) electrons. The van der Waals surface area contributed by atoms with Crippen molar-refractivity contribution in [1.82, 2.24) is 15.0 Å². The van der Waals surface area contributed by atoms with Crippen molar-refractivity contribution in [2.24, 2.45) is 11.8 Å². The second kappa shape index (κ2) is 7.38.